The Hall–Kier alpha value is -2.54. The Morgan fingerprint density at radius 2 is 1.67 bits per heavy atom. The number of hydrazone groups is 1. The molecule has 0 amide bonds. The number of hydrogen-bond donors (Lipinski definition) is 0. The maximum atomic E-state index is 12.7. The molecule has 144 valence electrons. The van der Waals surface area contributed by atoms with Crippen molar-refractivity contribution in [1.82, 2.24) is 4.90 Å². The summed E-state index contributed by atoms with van der Waals surface area (Å²) in [6.07, 6.45) is -4.34. The minimum atomic E-state index is -4.34. The molecular formula is C20H22F3N3O. The summed E-state index contributed by atoms with van der Waals surface area (Å²) in [4.78, 5) is 2.07. The summed E-state index contributed by atoms with van der Waals surface area (Å²) in [5.41, 5.74) is 1.03. The lowest BCUT2D eigenvalue weighted by atomic mass is 10.2. The van der Waals surface area contributed by atoms with Gasteiger partial charge in [-0.2, -0.15) is 18.3 Å². The third-order valence-electron chi connectivity index (χ3n) is 4.31. The van der Waals surface area contributed by atoms with Crippen LogP contribution in [-0.2, 0) is 17.5 Å². The molecule has 2 aromatic rings. The van der Waals surface area contributed by atoms with Crippen LogP contribution < -0.4 is 5.01 Å². The van der Waals surface area contributed by atoms with Crippen molar-refractivity contribution < 1.29 is 17.9 Å². The van der Waals surface area contributed by atoms with Crippen LogP contribution in [0.2, 0.25) is 0 Å². The van der Waals surface area contributed by atoms with E-state index in [9.17, 15) is 13.2 Å². The number of halogens is 3. The second kappa shape index (κ2) is 8.00. The molecule has 0 saturated carbocycles. The first-order valence-electron chi connectivity index (χ1n) is 8.75. The average molecular weight is 377 g/mol. The fourth-order valence-electron chi connectivity index (χ4n) is 2.82. The first kappa shape index (κ1) is 19.2. The summed E-state index contributed by atoms with van der Waals surface area (Å²) in [5, 5.41) is 6.25. The van der Waals surface area contributed by atoms with Gasteiger partial charge in [0.1, 0.15) is 13.3 Å². The number of rotatable bonds is 6. The van der Waals surface area contributed by atoms with E-state index in [1.54, 1.807) is 5.01 Å². The Bertz CT molecular complexity index is 773. The van der Waals surface area contributed by atoms with Gasteiger partial charge in [0.25, 0.3) is 0 Å². The van der Waals surface area contributed by atoms with Crippen LogP contribution in [0.15, 0.2) is 59.7 Å². The van der Waals surface area contributed by atoms with E-state index in [2.05, 4.69) is 10.0 Å². The number of hydrogen-bond acceptors (Lipinski definition) is 4. The number of anilines is 1. The number of alkyl halides is 3. The van der Waals surface area contributed by atoms with Gasteiger partial charge in [-0.15, -0.1) is 0 Å². The van der Waals surface area contributed by atoms with Gasteiger partial charge in [-0.1, -0.05) is 30.3 Å². The molecule has 0 fully saturated rings. The van der Waals surface area contributed by atoms with Crippen LogP contribution in [0.5, 0.6) is 0 Å². The van der Waals surface area contributed by atoms with Crippen LogP contribution in [0, 0.1) is 0 Å². The molecule has 0 aliphatic carbocycles. The summed E-state index contributed by atoms with van der Waals surface area (Å²) >= 11 is 0. The predicted octanol–water partition coefficient (Wildman–Crippen LogP) is 4.72. The second-order valence-electron chi connectivity index (χ2n) is 6.64. The maximum Gasteiger partial charge on any atom is 0.416 e. The lowest BCUT2D eigenvalue weighted by Gasteiger charge is -2.25. The van der Waals surface area contributed by atoms with Gasteiger partial charge >= 0.3 is 6.18 Å². The molecule has 1 aliphatic heterocycles. The van der Waals surface area contributed by atoms with Crippen LogP contribution in [0.3, 0.4) is 0 Å². The van der Waals surface area contributed by atoms with E-state index in [4.69, 9.17) is 4.74 Å². The van der Waals surface area contributed by atoms with Crippen molar-refractivity contribution in [2.75, 3.05) is 18.3 Å². The topological polar surface area (TPSA) is 28.1 Å². The van der Waals surface area contributed by atoms with Gasteiger partial charge in [-0.05, 0) is 43.7 Å². The van der Waals surface area contributed by atoms with Crippen LogP contribution in [0.1, 0.15) is 25.0 Å². The van der Waals surface area contributed by atoms with Crippen molar-refractivity contribution in [1.29, 1.82) is 0 Å². The summed E-state index contributed by atoms with van der Waals surface area (Å²) < 4.78 is 44.0. The SMILES string of the molecule is CC(C)N1CN(c2ccc(C(F)(F)F)cc2)N=C1COCc1ccccc1. The monoisotopic (exact) mass is 377 g/mol. The molecule has 1 aliphatic rings. The van der Waals surface area contributed by atoms with E-state index in [1.807, 2.05) is 44.2 Å². The predicted molar refractivity (Wildman–Crippen MR) is 99.3 cm³/mol. The van der Waals surface area contributed by atoms with Crippen molar-refractivity contribution in [3.63, 3.8) is 0 Å². The minimum Gasteiger partial charge on any atom is -0.369 e. The number of ether oxygens (including phenoxy) is 1. The van der Waals surface area contributed by atoms with Gasteiger partial charge in [0.05, 0.1) is 17.9 Å². The van der Waals surface area contributed by atoms with E-state index in [-0.39, 0.29) is 6.04 Å². The molecule has 0 atom stereocenters. The molecule has 7 heteroatoms. The van der Waals surface area contributed by atoms with Crippen LogP contribution in [-0.4, -0.2) is 30.1 Å². The van der Waals surface area contributed by atoms with Crippen molar-refractivity contribution in [2.45, 2.75) is 32.7 Å². The van der Waals surface area contributed by atoms with Gasteiger partial charge in [-0.3, -0.25) is 0 Å². The van der Waals surface area contributed by atoms with Crippen LogP contribution in [0.4, 0.5) is 18.9 Å². The Balaban J connectivity index is 1.68. The van der Waals surface area contributed by atoms with Gasteiger partial charge in [-0.25, -0.2) is 5.01 Å². The van der Waals surface area contributed by atoms with Gasteiger partial charge < -0.3 is 9.64 Å². The zero-order valence-electron chi connectivity index (χ0n) is 15.3. The van der Waals surface area contributed by atoms with Gasteiger partial charge in [0, 0.05) is 6.04 Å². The largest absolute Gasteiger partial charge is 0.416 e. The highest BCUT2D eigenvalue weighted by Crippen LogP contribution is 2.31. The molecule has 3 rings (SSSR count). The summed E-state index contributed by atoms with van der Waals surface area (Å²) in [6.45, 7) is 5.38. The number of nitrogens with zero attached hydrogens (tertiary/aromatic N) is 3. The molecule has 27 heavy (non-hydrogen) atoms. The van der Waals surface area contributed by atoms with Crippen LogP contribution in [0.25, 0.3) is 0 Å². The molecule has 0 N–H and O–H groups in total. The van der Waals surface area contributed by atoms with E-state index in [1.165, 1.54) is 12.1 Å². The third-order valence-corrected chi connectivity index (χ3v) is 4.31. The van der Waals surface area contributed by atoms with E-state index in [0.29, 0.717) is 25.6 Å². The number of benzene rings is 2. The molecule has 0 spiro atoms. The first-order chi connectivity index (χ1) is 12.8. The normalized spacial score (nSPS) is 14.8. The van der Waals surface area contributed by atoms with E-state index in [0.717, 1.165) is 23.5 Å². The van der Waals surface area contributed by atoms with Crippen molar-refractivity contribution in [3.8, 4) is 0 Å². The summed E-state index contributed by atoms with van der Waals surface area (Å²) in [6, 6.07) is 15.1. The standard InChI is InChI=1S/C20H22F3N3O/c1-15(2)25-14-26(18-10-8-17(9-11-18)20(21,22)23)24-19(25)13-27-12-16-6-4-3-5-7-16/h3-11,15H,12-14H2,1-2H3. The van der Waals surface area contributed by atoms with Crippen molar-refractivity contribution in [2.24, 2.45) is 5.10 Å². The Morgan fingerprint density at radius 1 is 1.00 bits per heavy atom. The Labute approximate surface area is 156 Å². The molecule has 0 radical (unpaired) electrons. The molecule has 2 aromatic carbocycles. The van der Waals surface area contributed by atoms with Crippen molar-refractivity contribution in [3.05, 3.63) is 65.7 Å². The quantitative estimate of drug-likeness (QED) is 0.729. The Morgan fingerprint density at radius 3 is 2.26 bits per heavy atom. The van der Waals surface area contributed by atoms with Gasteiger partial charge in [0.2, 0.25) is 0 Å². The molecule has 1 heterocycles. The zero-order valence-corrected chi connectivity index (χ0v) is 15.3. The fourth-order valence-corrected chi connectivity index (χ4v) is 2.82. The maximum absolute atomic E-state index is 12.7. The van der Waals surface area contributed by atoms with Gasteiger partial charge in [0.15, 0.2) is 5.84 Å². The number of amidine groups is 1. The lowest BCUT2D eigenvalue weighted by Crippen LogP contribution is -2.38. The minimum absolute atomic E-state index is 0.198. The first-order valence-corrected chi connectivity index (χ1v) is 8.75. The average Bonchev–Trinajstić information content (AvgIpc) is 3.06. The second-order valence-corrected chi connectivity index (χ2v) is 6.64. The highest BCUT2D eigenvalue weighted by atomic mass is 19.4. The summed E-state index contributed by atoms with van der Waals surface area (Å²) in [5.74, 6) is 0.765. The smallest absolute Gasteiger partial charge is 0.369 e. The third kappa shape index (κ3) is 4.80. The highest BCUT2D eigenvalue weighted by Gasteiger charge is 2.31. The van der Waals surface area contributed by atoms with Crippen LogP contribution >= 0.6 is 0 Å². The molecule has 4 nitrogen and oxygen atoms in total. The molecular weight excluding hydrogens is 355 g/mol. The van der Waals surface area contributed by atoms with E-state index >= 15 is 0 Å². The fraction of sp³-hybridized carbons (Fsp3) is 0.350. The molecule has 0 bridgehead atoms. The Kier molecular flexibility index (Phi) is 5.70. The van der Waals surface area contributed by atoms with E-state index < -0.39 is 11.7 Å². The molecule has 0 saturated heterocycles. The molecule has 0 unspecified atom stereocenters. The molecule has 0 aromatic heterocycles. The van der Waals surface area contributed by atoms with Crippen molar-refractivity contribution >= 4 is 11.5 Å². The summed E-state index contributed by atoms with van der Waals surface area (Å²) in [7, 11) is 0. The lowest BCUT2D eigenvalue weighted by molar-refractivity contribution is -0.137. The highest BCUT2D eigenvalue weighted by molar-refractivity contribution is 5.87. The zero-order chi connectivity index (χ0) is 19.4.